The van der Waals surface area contributed by atoms with E-state index < -0.39 is 23.6 Å². The lowest BCUT2D eigenvalue weighted by Crippen LogP contribution is -2.34. The molecule has 0 amide bonds. The number of rotatable bonds is 5. The van der Waals surface area contributed by atoms with Gasteiger partial charge >= 0.3 is 0 Å². The van der Waals surface area contributed by atoms with Crippen LogP contribution in [-0.2, 0) is 19.0 Å². The van der Waals surface area contributed by atoms with Crippen LogP contribution in [-0.4, -0.2) is 26.6 Å². The van der Waals surface area contributed by atoms with Gasteiger partial charge in [0.05, 0.1) is 0 Å². The Bertz CT molecular complexity index is 847. The molecule has 1 aliphatic carbocycles. The molecule has 1 N–H and O–H groups in total. The molecule has 27 heavy (non-hydrogen) atoms. The summed E-state index contributed by atoms with van der Waals surface area (Å²) in [5, 5.41) is 12.1. The number of aromatic nitrogens is 2. The summed E-state index contributed by atoms with van der Waals surface area (Å²) in [5.74, 6) is -1.12. The fourth-order valence-electron chi connectivity index (χ4n) is 3.39. The maximum Gasteiger partial charge on any atom is 0.283 e. The van der Waals surface area contributed by atoms with Gasteiger partial charge in [-0.05, 0) is 29.4 Å². The van der Waals surface area contributed by atoms with E-state index in [1.165, 1.54) is 7.05 Å². The number of aryl methyl sites for hydroxylation is 1. The van der Waals surface area contributed by atoms with Crippen molar-refractivity contribution in [1.29, 1.82) is 5.41 Å². The molecule has 0 spiro atoms. The number of hydrogen-bond acceptors (Lipinski definition) is 2. The second-order valence-electron chi connectivity index (χ2n) is 8.09. The standard InChI is InChI=1S/C20H25F3N4/c1-20(2,3)14-8-6-5-7-12(14)11-27(13-9-10-13)19(24)15-16(17(21)22)25-26(4)18(15)23/h5-8,13,17,24H,9-11H2,1-4H3. The topological polar surface area (TPSA) is 44.9 Å². The second kappa shape index (κ2) is 7.02. The van der Waals surface area contributed by atoms with Gasteiger partial charge < -0.3 is 4.90 Å². The molecule has 1 fully saturated rings. The van der Waals surface area contributed by atoms with Crippen LogP contribution in [0, 0.1) is 11.4 Å². The lowest BCUT2D eigenvalue weighted by molar-refractivity contribution is 0.145. The molecule has 4 nitrogen and oxygen atoms in total. The highest BCUT2D eigenvalue weighted by atomic mass is 19.3. The van der Waals surface area contributed by atoms with Gasteiger partial charge in [0.15, 0.2) is 0 Å². The molecule has 1 heterocycles. The Morgan fingerprint density at radius 3 is 2.48 bits per heavy atom. The Balaban J connectivity index is 1.99. The van der Waals surface area contributed by atoms with E-state index in [-0.39, 0.29) is 17.3 Å². The van der Waals surface area contributed by atoms with Gasteiger partial charge in [-0.15, -0.1) is 0 Å². The van der Waals surface area contributed by atoms with E-state index in [0.29, 0.717) is 6.54 Å². The minimum atomic E-state index is -2.93. The summed E-state index contributed by atoms with van der Waals surface area (Å²) in [7, 11) is 1.27. The predicted octanol–water partition coefficient (Wildman–Crippen LogP) is 4.78. The third-order valence-electron chi connectivity index (χ3n) is 4.89. The molecule has 2 aromatic rings. The van der Waals surface area contributed by atoms with Gasteiger partial charge in [0, 0.05) is 19.6 Å². The van der Waals surface area contributed by atoms with E-state index in [1.54, 1.807) is 4.90 Å². The molecule has 0 atom stereocenters. The first-order valence-corrected chi connectivity index (χ1v) is 9.05. The highest BCUT2D eigenvalue weighted by Gasteiger charge is 2.36. The fraction of sp³-hybridized carbons (Fsp3) is 0.500. The van der Waals surface area contributed by atoms with Crippen molar-refractivity contribution in [2.75, 3.05) is 0 Å². The average Bonchev–Trinajstić information content (AvgIpc) is 3.38. The summed E-state index contributed by atoms with van der Waals surface area (Å²) < 4.78 is 42.0. The fourth-order valence-corrected chi connectivity index (χ4v) is 3.39. The lowest BCUT2D eigenvalue weighted by atomic mass is 9.83. The Labute approximate surface area is 157 Å². The van der Waals surface area contributed by atoms with Crippen molar-refractivity contribution in [2.24, 2.45) is 7.05 Å². The average molecular weight is 378 g/mol. The monoisotopic (exact) mass is 378 g/mol. The van der Waals surface area contributed by atoms with Crippen LogP contribution in [0.15, 0.2) is 24.3 Å². The molecule has 1 aromatic heterocycles. The summed E-state index contributed by atoms with van der Waals surface area (Å²) >= 11 is 0. The quantitative estimate of drug-likeness (QED) is 0.601. The molecular weight excluding hydrogens is 353 g/mol. The van der Waals surface area contributed by atoms with Gasteiger partial charge in [-0.1, -0.05) is 45.0 Å². The van der Waals surface area contributed by atoms with Crippen molar-refractivity contribution in [2.45, 2.75) is 58.0 Å². The number of halogens is 3. The van der Waals surface area contributed by atoms with E-state index in [9.17, 15) is 13.2 Å². The van der Waals surface area contributed by atoms with Crippen LogP contribution in [0.4, 0.5) is 13.2 Å². The number of hydrogen-bond donors (Lipinski definition) is 1. The van der Waals surface area contributed by atoms with E-state index in [2.05, 4.69) is 25.9 Å². The maximum atomic E-state index is 14.5. The van der Waals surface area contributed by atoms with Gasteiger partial charge in [0.2, 0.25) is 5.95 Å². The summed E-state index contributed by atoms with van der Waals surface area (Å²) in [5.41, 5.74) is 0.984. The molecule has 0 saturated heterocycles. The van der Waals surface area contributed by atoms with E-state index in [4.69, 9.17) is 5.41 Å². The normalized spacial score (nSPS) is 14.7. The van der Waals surface area contributed by atoms with Crippen LogP contribution in [0.25, 0.3) is 0 Å². The second-order valence-corrected chi connectivity index (χ2v) is 8.09. The van der Waals surface area contributed by atoms with Crippen molar-refractivity contribution in [3.8, 4) is 0 Å². The van der Waals surface area contributed by atoms with Crippen LogP contribution in [0.2, 0.25) is 0 Å². The molecule has 1 aromatic carbocycles. The molecule has 3 rings (SSSR count). The van der Waals surface area contributed by atoms with E-state index >= 15 is 0 Å². The highest BCUT2D eigenvalue weighted by molar-refractivity contribution is 5.98. The molecule has 1 saturated carbocycles. The summed E-state index contributed by atoms with van der Waals surface area (Å²) in [6.45, 7) is 6.70. The molecule has 0 aliphatic heterocycles. The first kappa shape index (κ1) is 19.5. The van der Waals surface area contributed by atoms with Crippen molar-refractivity contribution < 1.29 is 13.2 Å². The summed E-state index contributed by atoms with van der Waals surface area (Å²) in [4.78, 5) is 1.73. The maximum absolute atomic E-state index is 14.5. The van der Waals surface area contributed by atoms with Crippen LogP contribution in [0.5, 0.6) is 0 Å². The molecular formula is C20H25F3N4. The number of alkyl halides is 2. The largest absolute Gasteiger partial charge is 0.349 e. The van der Waals surface area contributed by atoms with E-state index in [0.717, 1.165) is 28.7 Å². The van der Waals surface area contributed by atoms with Crippen molar-refractivity contribution in [3.63, 3.8) is 0 Å². The van der Waals surface area contributed by atoms with Gasteiger partial charge in [0.1, 0.15) is 17.1 Å². The molecule has 7 heteroatoms. The summed E-state index contributed by atoms with van der Waals surface area (Å²) in [6.07, 6.45) is -1.20. The van der Waals surface area contributed by atoms with Crippen LogP contribution in [0.1, 0.15) is 62.4 Å². The zero-order valence-corrected chi connectivity index (χ0v) is 16.1. The molecule has 0 bridgehead atoms. The van der Waals surface area contributed by atoms with Crippen LogP contribution < -0.4 is 0 Å². The van der Waals surface area contributed by atoms with Crippen molar-refractivity contribution >= 4 is 5.84 Å². The number of benzene rings is 1. The first-order valence-electron chi connectivity index (χ1n) is 9.05. The number of nitrogens with one attached hydrogen (secondary N) is 1. The van der Waals surface area contributed by atoms with Gasteiger partial charge in [0.25, 0.3) is 6.43 Å². The van der Waals surface area contributed by atoms with Crippen LogP contribution >= 0.6 is 0 Å². The first-order chi connectivity index (χ1) is 12.6. The van der Waals surface area contributed by atoms with Crippen molar-refractivity contribution in [1.82, 2.24) is 14.7 Å². The number of amidine groups is 1. The van der Waals surface area contributed by atoms with Gasteiger partial charge in [-0.25, -0.2) is 13.5 Å². The minimum Gasteiger partial charge on any atom is -0.349 e. The van der Waals surface area contributed by atoms with Crippen LogP contribution in [0.3, 0.4) is 0 Å². The smallest absolute Gasteiger partial charge is 0.283 e. The van der Waals surface area contributed by atoms with E-state index in [1.807, 2.05) is 24.3 Å². The number of nitrogens with zero attached hydrogens (tertiary/aromatic N) is 3. The SMILES string of the molecule is Cn1nc(C(F)F)c(C(=N)N(Cc2ccccc2C(C)(C)C)C2CC2)c1F. The highest BCUT2D eigenvalue weighted by Crippen LogP contribution is 2.34. The predicted molar refractivity (Wildman–Crippen MR) is 98.7 cm³/mol. The summed E-state index contributed by atoms with van der Waals surface area (Å²) in [6, 6.07) is 7.98. The Morgan fingerprint density at radius 1 is 1.30 bits per heavy atom. The minimum absolute atomic E-state index is 0.0654. The van der Waals surface area contributed by atoms with Gasteiger partial charge in [-0.3, -0.25) is 5.41 Å². The Morgan fingerprint density at radius 2 is 1.93 bits per heavy atom. The Hall–Kier alpha value is -2.31. The molecule has 0 unspecified atom stereocenters. The zero-order valence-electron chi connectivity index (χ0n) is 16.1. The lowest BCUT2D eigenvalue weighted by Gasteiger charge is -2.29. The molecule has 146 valence electrons. The third-order valence-corrected chi connectivity index (χ3v) is 4.89. The zero-order chi connectivity index (χ0) is 19.9. The molecule has 1 aliphatic rings. The third kappa shape index (κ3) is 3.87. The molecule has 0 radical (unpaired) electrons. The van der Waals surface area contributed by atoms with Gasteiger partial charge in [-0.2, -0.15) is 9.49 Å². The van der Waals surface area contributed by atoms with Crippen molar-refractivity contribution in [3.05, 3.63) is 52.6 Å². The Kier molecular flexibility index (Phi) is 5.06.